The van der Waals surface area contributed by atoms with Crippen LogP contribution in [0.2, 0.25) is 0 Å². The molecule has 2 N–H and O–H groups in total. The van der Waals surface area contributed by atoms with Crippen molar-refractivity contribution in [3.63, 3.8) is 0 Å². The van der Waals surface area contributed by atoms with Crippen LogP contribution >= 0.6 is 27.7 Å². The van der Waals surface area contributed by atoms with Gasteiger partial charge < -0.3 is 10.6 Å². The Kier molecular flexibility index (Phi) is 7.83. The van der Waals surface area contributed by atoms with E-state index in [0.29, 0.717) is 16.9 Å². The van der Waals surface area contributed by atoms with Gasteiger partial charge in [-0.15, -0.1) is 11.8 Å². The molecule has 4 aromatic carbocycles. The van der Waals surface area contributed by atoms with Gasteiger partial charge in [-0.25, -0.2) is 0 Å². The van der Waals surface area contributed by atoms with Gasteiger partial charge >= 0.3 is 0 Å². The second kappa shape index (κ2) is 11.2. The lowest BCUT2D eigenvalue weighted by atomic mass is 10.1. The van der Waals surface area contributed by atoms with Crippen molar-refractivity contribution < 1.29 is 9.59 Å². The minimum Gasteiger partial charge on any atom is -0.324 e. The molecule has 34 heavy (non-hydrogen) atoms. The van der Waals surface area contributed by atoms with E-state index >= 15 is 0 Å². The summed E-state index contributed by atoms with van der Waals surface area (Å²) in [6.45, 7) is 1.98. The zero-order valence-electron chi connectivity index (χ0n) is 18.5. The lowest BCUT2D eigenvalue weighted by molar-refractivity contribution is -0.115. The highest BCUT2D eigenvalue weighted by Gasteiger charge is 2.23. The molecule has 1 atom stereocenters. The van der Waals surface area contributed by atoms with Gasteiger partial charge in [0.05, 0.1) is 5.69 Å². The van der Waals surface area contributed by atoms with Crippen molar-refractivity contribution in [1.29, 1.82) is 0 Å². The quantitative estimate of drug-likeness (QED) is 0.243. The van der Waals surface area contributed by atoms with Crippen LogP contribution < -0.4 is 10.6 Å². The summed E-state index contributed by atoms with van der Waals surface area (Å²) in [6.07, 6.45) is 0. The van der Waals surface area contributed by atoms with E-state index in [1.54, 1.807) is 12.1 Å². The Balaban J connectivity index is 1.54. The fourth-order valence-electron chi connectivity index (χ4n) is 3.35. The summed E-state index contributed by atoms with van der Waals surface area (Å²) < 4.78 is 0.820. The number of halogens is 1. The summed E-state index contributed by atoms with van der Waals surface area (Å²) in [5.74, 6) is -0.300. The molecule has 4 nitrogen and oxygen atoms in total. The largest absolute Gasteiger partial charge is 0.324 e. The molecule has 0 bridgehead atoms. The maximum absolute atomic E-state index is 13.3. The molecule has 0 radical (unpaired) electrons. The number of carbonyl (C=O) groups excluding carboxylic acids is 2. The lowest BCUT2D eigenvalue weighted by Gasteiger charge is -2.18. The zero-order chi connectivity index (χ0) is 23.9. The third kappa shape index (κ3) is 6.16. The van der Waals surface area contributed by atoms with Crippen LogP contribution in [0.15, 0.2) is 112 Å². The number of hydrogen-bond acceptors (Lipinski definition) is 3. The molecule has 0 aliphatic heterocycles. The number of para-hydroxylation sites is 1. The van der Waals surface area contributed by atoms with E-state index in [9.17, 15) is 9.59 Å². The average molecular weight is 531 g/mol. The number of amides is 2. The maximum Gasteiger partial charge on any atom is 0.255 e. The van der Waals surface area contributed by atoms with Crippen LogP contribution in [0.5, 0.6) is 0 Å². The topological polar surface area (TPSA) is 58.2 Å². The molecule has 4 aromatic rings. The van der Waals surface area contributed by atoms with E-state index < -0.39 is 5.25 Å². The molecule has 0 spiro atoms. The Morgan fingerprint density at radius 1 is 0.794 bits per heavy atom. The van der Waals surface area contributed by atoms with Crippen LogP contribution in [-0.2, 0) is 4.79 Å². The first-order valence-electron chi connectivity index (χ1n) is 10.7. The van der Waals surface area contributed by atoms with Crippen molar-refractivity contribution in [3.8, 4) is 0 Å². The normalized spacial score (nSPS) is 11.5. The van der Waals surface area contributed by atoms with Crippen LogP contribution in [0.25, 0.3) is 0 Å². The number of benzene rings is 4. The van der Waals surface area contributed by atoms with Crippen LogP contribution in [0.4, 0.5) is 11.4 Å². The number of rotatable bonds is 7. The van der Waals surface area contributed by atoms with Crippen LogP contribution in [0.1, 0.15) is 26.7 Å². The Bertz CT molecular complexity index is 1290. The third-order valence-electron chi connectivity index (χ3n) is 5.13. The molecule has 4 rings (SSSR count). The van der Waals surface area contributed by atoms with Gasteiger partial charge in [-0.05, 0) is 70.9 Å². The summed E-state index contributed by atoms with van der Waals surface area (Å²) >= 11 is 4.93. The van der Waals surface area contributed by atoms with Gasteiger partial charge in [-0.2, -0.15) is 0 Å². The molecule has 170 valence electrons. The van der Waals surface area contributed by atoms with E-state index in [4.69, 9.17) is 0 Å². The van der Waals surface area contributed by atoms with Gasteiger partial charge in [0.15, 0.2) is 0 Å². The van der Waals surface area contributed by atoms with Gasteiger partial charge in [0.1, 0.15) is 5.25 Å². The fourth-order valence-corrected chi connectivity index (χ4v) is 4.82. The Labute approximate surface area is 211 Å². The predicted octanol–water partition coefficient (Wildman–Crippen LogP) is 7.48. The highest BCUT2D eigenvalue weighted by molar-refractivity contribution is 9.10. The lowest BCUT2D eigenvalue weighted by Crippen LogP contribution is -2.19. The van der Waals surface area contributed by atoms with E-state index in [-0.39, 0.29) is 11.8 Å². The number of anilines is 2. The zero-order valence-corrected chi connectivity index (χ0v) is 20.9. The summed E-state index contributed by atoms with van der Waals surface area (Å²) in [5.41, 5.74) is 3.98. The molecule has 0 saturated carbocycles. The summed E-state index contributed by atoms with van der Waals surface area (Å²) in [4.78, 5) is 26.8. The van der Waals surface area contributed by atoms with E-state index in [1.807, 2.05) is 97.9 Å². The maximum atomic E-state index is 13.3. The number of carbonyl (C=O) groups is 2. The molecule has 0 aliphatic carbocycles. The van der Waals surface area contributed by atoms with Crippen LogP contribution in [-0.4, -0.2) is 11.8 Å². The molecule has 0 saturated heterocycles. The highest BCUT2D eigenvalue weighted by Crippen LogP contribution is 2.37. The van der Waals surface area contributed by atoms with Crippen molar-refractivity contribution >= 4 is 50.9 Å². The molecule has 0 fully saturated rings. The summed E-state index contributed by atoms with van der Waals surface area (Å²) in [5, 5.41) is 5.50. The van der Waals surface area contributed by atoms with Crippen molar-refractivity contribution in [1.82, 2.24) is 0 Å². The predicted molar refractivity (Wildman–Crippen MR) is 143 cm³/mol. The van der Waals surface area contributed by atoms with Gasteiger partial charge in [0.2, 0.25) is 5.91 Å². The van der Waals surface area contributed by atoms with Crippen molar-refractivity contribution in [2.75, 3.05) is 10.6 Å². The first-order valence-corrected chi connectivity index (χ1v) is 12.4. The van der Waals surface area contributed by atoms with E-state index in [1.165, 1.54) is 11.8 Å². The average Bonchev–Trinajstić information content (AvgIpc) is 2.85. The van der Waals surface area contributed by atoms with E-state index in [2.05, 4.69) is 26.6 Å². The third-order valence-corrected chi connectivity index (χ3v) is 7.07. The van der Waals surface area contributed by atoms with Gasteiger partial charge in [-0.3, -0.25) is 9.59 Å². The summed E-state index contributed by atoms with van der Waals surface area (Å²) in [6, 6.07) is 32.2. The molecular weight excluding hydrogens is 508 g/mol. The highest BCUT2D eigenvalue weighted by atomic mass is 79.9. The van der Waals surface area contributed by atoms with Crippen molar-refractivity contribution in [3.05, 3.63) is 124 Å². The Hall–Kier alpha value is -3.35. The van der Waals surface area contributed by atoms with Crippen molar-refractivity contribution in [2.45, 2.75) is 17.1 Å². The number of aryl methyl sites for hydroxylation is 1. The molecule has 6 heteroatoms. The minimum atomic E-state index is -0.476. The second-order valence-electron chi connectivity index (χ2n) is 7.73. The van der Waals surface area contributed by atoms with Crippen molar-refractivity contribution in [2.24, 2.45) is 0 Å². The standard InChI is InChI=1S/C28H23BrN2O2S/c1-19-14-16-21(17-15-19)27(32)30-22-10-7-11-23(18-22)34-26(20-8-3-2-4-9-20)28(33)31-25-13-6-5-12-24(25)29/h2-18,26H,1H3,(H,30,32)(H,31,33). The monoisotopic (exact) mass is 530 g/mol. The number of nitrogens with one attached hydrogen (secondary N) is 2. The van der Waals surface area contributed by atoms with Gasteiger partial charge in [0.25, 0.3) is 5.91 Å². The summed E-state index contributed by atoms with van der Waals surface area (Å²) in [7, 11) is 0. The first-order chi connectivity index (χ1) is 16.5. The molecule has 0 heterocycles. The SMILES string of the molecule is Cc1ccc(C(=O)Nc2cccc(SC(C(=O)Nc3ccccc3Br)c3ccccc3)c2)cc1. The molecule has 0 aliphatic rings. The Morgan fingerprint density at radius 2 is 1.50 bits per heavy atom. The van der Waals surface area contributed by atoms with Crippen LogP contribution in [0, 0.1) is 6.92 Å². The Morgan fingerprint density at radius 3 is 2.24 bits per heavy atom. The smallest absolute Gasteiger partial charge is 0.255 e. The van der Waals surface area contributed by atoms with Gasteiger partial charge in [0, 0.05) is 20.6 Å². The molecule has 2 amide bonds. The number of hydrogen-bond donors (Lipinski definition) is 2. The molecule has 1 unspecified atom stereocenters. The second-order valence-corrected chi connectivity index (χ2v) is 9.76. The molecular formula is C28H23BrN2O2S. The minimum absolute atomic E-state index is 0.128. The first kappa shape index (κ1) is 23.8. The fraction of sp³-hybridized carbons (Fsp3) is 0.0714. The number of thioether (sulfide) groups is 1. The molecule has 0 aromatic heterocycles. The van der Waals surface area contributed by atoms with E-state index in [0.717, 1.165) is 20.5 Å². The van der Waals surface area contributed by atoms with Gasteiger partial charge in [-0.1, -0.05) is 66.2 Å². The van der Waals surface area contributed by atoms with Crippen LogP contribution in [0.3, 0.4) is 0 Å².